The summed E-state index contributed by atoms with van der Waals surface area (Å²) in [6.07, 6.45) is 7.65. The summed E-state index contributed by atoms with van der Waals surface area (Å²) in [5, 5.41) is 13.3. The van der Waals surface area contributed by atoms with Gasteiger partial charge in [0.05, 0.1) is 22.2 Å². The summed E-state index contributed by atoms with van der Waals surface area (Å²) in [6, 6.07) is 9.88. The molecule has 5 rings (SSSR count). The van der Waals surface area contributed by atoms with Gasteiger partial charge in [0.2, 0.25) is 5.91 Å². The first-order chi connectivity index (χ1) is 17.4. The van der Waals surface area contributed by atoms with Crippen molar-refractivity contribution in [3.05, 3.63) is 47.2 Å². The number of pyridine rings is 1. The zero-order chi connectivity index (χ0) is 25.3. The summed E-state index contributed by atoms with van der Waals surface area (Å²) >= 11 is 6.79. The molecule has 2 saturated heterocycles. The molecular weight excluding hydrogens is 476 g/mol. The van der Waals surface area contributed by atoms with Gasteiger partial charge in [-0.3, -0.25) is 14.6 Å². The molecule has 7 nitrogen and oxygen atoms in total. The van der Waals surface area contributed by atoms with Crippen LogP contribution in [-0.4, -0.2) is 65.1 Å². The van der Waals surface area contributed by atoms with Crippen molar-refractivity contribution in [1.29, 1.82) is 0 Å². The van der Waals surface area contributed by atoms with E-state index in [9.17, 15) is 14.7 Å². The summed E-state index contributed by atoms with van der Waals surface area (Å²) < 4.78 is 0. The monoisotopic (exact) mass is 510 g/mol. The van der Waals surface area contributed by atoms with Crippen LogP contribution < -0.4 is 10.2 Å². The van der Waals surface area contributed by atoms with Crippen molar-refractivity contribution in [3.8, 4) is 11.1 Å². The van der Waals surface area contributed by atoms with Crippen molar-refractivity contribution in [2.24, 2.45) is 5.41 Å². The van der Waals surface area contributed by atoms with Crippen LogP contribution in [-0.2, 0) is 4.79 Å². The average molecular weight is 511 g/mol. The van der Waals surface area contributed by atoms with Crippen LogP contribution >= 0.6 is 11.6 Å². The Bertz CT molecular complexity index is 1120. The van der Waals surface area contributed by atoms with E-state index in [1.54, 1.807) is 12.3 Å². The molecule has 2 amide bonds. The van der Waals surface area contributed by atoms with Crippen LogP contribution in [0.4, 0.5) is 5.69 Å². The summed E-state index contributed by atoms with van der Waals surface area (Å²) in [4.78, 5) is 34.3. The maximum Gasteiger partial charge on any atom is 0.269 e. The molecule has 0 unspecified atom stereocenters. The number of piperidine rings is 1. The Morgan fingerprint density at radius 2 is 1.92 bits per heavy atom. The fourth-order valence-corrected chi connectivity index (χ4v) is 6.47. The first kappa shape index (κ1) is 25.0. The molecule has 2 N–H and O–H groups in total. The van der Waals surface area contributed by atoms with Crippen LogP contribution in [0.2, 0.25) is 5.02 Å². The van der Waals surface area contributed by atoms with Gasteiger partial charge in [-0.2, -0.15) is 0 Å². The number of aliphatic hydroxyl groups excluding tert-OH is 1. The second-order valence-corrected chi connectivity index (χ2v) is 10.9. The summed E-state index contributed by atoms with van der Waals surface area (Å²) in [6.45, 7) is 4.83. The van der Waals surface area contributed by atoms with Crippen molar-refractivity contribution in [2.45, 2.75) is 64.0 Å². The molecule has 1 spiro atoms. The van der Waals surface area contributed by atoms with Crippen molar-refractivity contribution in [3.63, 3.8) is 0 Å². The Hall–Kier alpha value is -2.64. The lowest BCUT2D eigenvalue weighted by atomic mass is 9.78. The first-order valence-corrected chi connectivity index (χ1v) is 13.6. The number of aliphatic hydroxyl groups is 1. The van der Waals surface area contributed by atoms with Crippen LogP contribution in [0.3, 0.4) is 0 Å². The number of likely N-dealkylation sites (tertiary alicyclic amines) is 1. The number of benzene rings is 1. The molecule has 2 aliphatic heterocycles. The lowest BCUT2D eigenvalue weighted by Crippen LogP contribution is -2.50. The van der Waals surface area contributed by atoms with Crippen LogP contribution in [0.1, 0.15) is 62.4 Å². The normalized spacial score (nSPS) is 26.5. The number of amides is 2. The molecule has 8 heteroatoms. The molecular formula is C28H35ClN4O3. The molecule has 3 heterocycles. The van der Waals surface area contributed by atoms with E-state index in [4.69, 9.17) is 11.6 Å². The number of anilines is 1. The van der Waals surface area contributed by atoms with E-state index in [2.05, 4.69) is 20.1 Å². The maximum absolute atomic E-state index is 13.6. The Kier molecular flexibility index (Phi) is 7.22. The number of carbonyl (C=O) groups is 2. The molecule has 192 valence electrons. The Balaban J connectivity index is 1.29. The SMILES string of the molecule is CCNC(=O)c1ccc(-c2ccc(N3CCC[C@]4(CCN([C@H]5CC[C@@H](O)CC5)C4=O)C3)c(Cl)c2)cn1. The molecule has 36 heavy (non-hydrogen) atoms. The Morgan fingerprint density at radius 3 is 2.61 bits per heavy atom. The summed E-state index contributed by atoms with van der Waals surface area (Å²) in [7, 11) is 0. The third-order valence-corrected chi connectivity index (χ3v) is 8.49. The number of halogens is 1. The van der Waals surface area contributed by atoms with Crippen molar-refractivity contribution in [2.75, 3.05) is 31.1 Å². The zero-order valence-corrected chi connectivity index (χ0v) is 21.6. The van der Waals surface area contributed by atoms with Crippen LogP contribution in [0.5, 0.6) is 0 Å². The van der Waals surface area contributed by atoms with Gasteiger partial charge in [0.25, 0.3) is 5.91 Å². The van der Waals surface area contributed by atoms with E-state index in [1.165, 1.54) is 0 Å². The van der Waals surface area contributed by atoms with Crippen LogP contribution in [0.15, 0.2) is 36.5 Å². The number of nitrogens with one attached hydrogen (secondary N) is 1. The minimum Gasteiger partial charge on any atom is -0.393 e. The molecule has 3 fully saturated rings. The molecule has 3 aliphatic rings. The molecule has 1 aliphatic carbocycles. The number of carbonyl (C=O) groups excluding carboxylic acids is 2. The van der Waals surface area contributed by atoms with Gasteiger partial charge in [-0.05, 0) is 75.6 Å². The minimum absolute atomic E-state index is 0.183. The molecule has 1 atom stereocenters. The average Bonchev–Trinajstić information content (AvgIpc) is 3.19. The van der Waals surface area contributed by atoms with E-state index in [0.29, 0.717) is 29.7 Å². The second-order valence-electron chi connectivity index (χ2n) is 10.5. The quantitative estimate of drug-likeness (QED) is 0.627. The fraction of sp³-hybridized carbons (Fsp3) is 0.536. The maximum atomic E-state index is 13.6. The minimum atomic E-state index is -0.338. The Morgan fingerprint density at radius 1 is 1.14 bits per heavy atom. The largest absolute Gasteiger partial charge is 0.393 e. The lowest BCUT2D eigenvalue weighted by Gasteiger charge is -2.41. The smallest absolute Gasteiger partial charge is 0.269 e. The van der Waals surface area contributed by atoms with Gasteiger partial charge in [0.15, 0.2) is 0 Å². The predicted molar refractivity (Wildman–Crippen MR) is 141 cm³/mol. The van der Waals surface area contributed by atoms with E-state index in [-0.39, 0.29) is 23.5 Å². The molecule has 2 aromatic rings. The van der Waals surface area contributed by atoms with Crippen molar-refractivity contribution >= 4 is 29.1 Å². The van der Waals surface area contributed by atoms with E-state index in [1.807, 2.05) is 31.2 Å². The summed E-state index contributed by atoms with van der Waals surface area (Å²) in [5.41, 5.74) is 2.84. The first-order valence-electron chi connectivity index (χ1n) is 13.2. The van der Waals surface area contributed by atoms with Gasteiger partial charge in [-0.15, -0.1) is 0 Å². The van der Waals surface area contributed by atoms with Crippen molar-refractivity contribution in [1.82, 2.24) is 15.2 Å². The molecule has 1 saturated carbocycles. The highest BCUT2D eigenvalue weighted by atomic mass is 35.5. The van der Waals surface area contributed by atoms with Gasteiger partial charge < -0.3 is 20.2 Å². The fourth-order valence-electron chi connectivity index (χ4n) is 6.17. The van der Waals surface area contributed by atoms with E-state index >= 15 is 0 Å². The second kappa shape index (κ2) is 10.4. The number of hydrogen-bond acceptors (Lipinski definition) is 5. The predicted octanol–water partition coefficient (Wildman–Crippen LogP) is 4.27. The lowest BCUT2D eigenvalue weighted by molar-refractivity contribution is -0.139. The molecule has 0 bridgehead atoms. The zero-order valence-electron chi connectivity index (χ0n) is 20.9. The highest BCUT2D eigenvalue weighted by Crippen LogP contribution is 2.44. The van der Waals surface area contributed by atoms with E-state index < -0.39 is 0 Å². The van der Waals surface area contributed by atoms with Crippen molar-refractivity contribution < 1.29 is 14.7 Å². The summed E-state index contributed by atoms with van der Waals surface area (Å²) in [5.74, 6) is 0.108. The van der Waals surface area contributed by atoms with Crippen LogP contribution in [0.25, 0.3) is 11.1 Å². The number of nitrogens with zero attached hydrogens (tertiary/aromatic N) is 3. The highest BCUT2D eigenvalue weighted by molar-refractivity contribution is 6.33. The van der Waals surface area contributed by atoms with Gasteiger partial charge in [0.1, 0.15) is 5.69 Å². The standard InChI is InChI=1S/C28H35ClN4O3/c1-2-30-26(35)24-10-4-20(17-31-24)19-5-11-25(23(29)16-19)32-14-3-12-28(18-32)13-15-33(27(28)36)21-6-8-22(34)9-7-21/h4-5,10-11,16-17,21-22,34H,2-3,6-9,12-15,18H2,1H3,(H,30,35)/t21-,22+,28-/m0/s1. The molecule has 1 aromatic carbocycles. The third kappa shape index (κ3) is 4.83. The number of hydrogen-bond donors (Lipinski definition) is 2. The van der Waals surface area contributed by atoms with Gasteiger partial charge in [-0.25, -0.2) is 0 Å². The van der Waals surface area contributed by atoms with Crippen LogP contribution in [0, 0.1) is 5.41 Å². The van der Waals surface area contributed by atoms with Gasteiger partial charge in [0, 0.05) is 44.0 Å². The number of rotatable bonds is 5. The highest BCUT2D eigenvalue weighted by Gasteiger charge is 2.50. The van der Waals surface area contributed by atoms with E-state index in [0.717, 1.165) is 74.8 Å². The van der Waals surface area contributed by atoms with Gasteiger partial charge in [-0.1, -0.05) is 23.7 Å². The number of aromatic nitrogens is 1. The topological polar surface area (TPSA) is 85.8 Å². The Labute approximate surface area is 217 Å². The molecule has 1 aromatic heterocycles. The molecule has 0 radical (unpaired) electrons. The van der Waals surface area contributed by atoms with Gasteiger partial charge >= 0.3 is 0 Å². The third-order valence-electron chi connectivity index (χ3n) is 8.18.